The zero-order valence-electron chi connectivity index (χ0n) is 18.6. The molecular weight excluding hydrogens is 390 g/mol. The number of allylic oxidation sites excluding steroid dienone is 2. The van der Waals surface area contributed by atoms with Crippen molar-refractivity contribution in [3.05, 3.63) is 119 Å². The molecule has 3 aromatic rings. The van der Waals surface area contributed by atoms with E-state index in [1.807, 2.05) is 13.1 Å². The summed E-state index contributed by atoms with van der Waals surface area (Å²) in [6, 6.07) is 27.9. The van der Waals surface area contributed by atoms with Gasteiger partial charge in [-0.05, 0) is 30.0 Å². The monoisotopic (exact) mass is 417 g/mol. The van der Waals surface area contributed by atoms with Gasteiger partial charge < -0.3 is 4.90 Å². The van der Waals surface area contributed by atoms with E-state index in [0.717, 1.165) is 29.2 Å². The van der Waals surface area contributed by atoms with E-state index in [1.165, 1.54) is 22.3 Å². The van der Waals surface area contributed by atoms with E-state index >= 15 is 0 Å². The Balaban J connectivity index is 1.42. The van der Waals surface area contributed by atoms with Crippen molar-refractivity contribution >= 4 is 11.7 Å². The van der Waals surface area contributed by atoms with Gasteiger partial charge in [0.1, 0.15) is 12.5 Å². The summed E-state index contributed by atoms with van der Waals surface area (Å²) in [4.78, 5) is 11.8. The Morgan fingerprint density at radius 1 is 0.844 bits per heavy atom. The Kier molecular flexibility index (Phi) is 5.55. The lowest BCUT2D eigenvalue weighted by Crippen LogP contribution is -2.32. The maximum atomic E-state index is 4.98. The van der Waals surface area contributed by atoms with E-state index in [0.29, 0.717) is 12.6 Å². The molecule has 1 heterocycles. The first-order valence-corrected chi connectivity index (χ1v) is 11.1. The highest BCUT2D eigenvalue weighted by molar-refractivity contribution is 6.13. The van der Waals surface area contributed by atoms with E-state index in [9.17, 15) is 0 Å². The molecule has 5 rings (SSSR count). The van der Waals surface area contributed by atoms with Crippen LogP contribution in [0, 0.1) is 6.92 Å². The lowest BCUT2D eigenvalue weighted by Gasteiger charge is -2.25. The highest BCUT2D eigenvalue weighted by Crippen LogP contribution is 2.29. The van der Waals surface area contributed by atoms with Crippen LogP contribution in [0.25, 0.3) is 11.1 Å². The fourth-order valence-electron chi connectivity index (χ4n) is 4.31. The zero-order valence-corrected chi connectivity index (χ0v) is 18.6. The van der Waals surface area contributed by atoms with Crippen LogP contribution in [0.3, 0.4) is 0 Å². The molecule has 0 radical (unpaired) electrons. The van der Waals surface area contributed by atoms with Gasteiger partial charge >= 0.3 is 0 Å². The maximum absolute atomic E-state index is 4.98. The van der Waals surface area contributed by atoms with Crippen LogP contribution in [0.2, 0.25) is 0 Å². The van der Waals surface area contributed by atoms with Crippen molar-refractivity contribution in [1.82, 2.24) is 4.90 Å². The minimum Gasteiger partial charge on any atom is -0.340 e. The molecule has 0 spiro atoms. The molecule has 158 valence electrons. The van der Waals surface area contributed by atoms with Gasteiger partial charge in [-0.25, -0.2) is 9.98 Å². The number of benzene rings is 3. The number of amidine groups is 2. The standard InChI is InChI=1S/C29H27N3/c1-21-8-6-11-25(18-21)26-12-7-13-27(19-26)28-30-20-32(2)29(31-28)24-16-14-23(15-17-24)22-9-4-3-5-10-22/h3-11,13-19,26H,12,20H2,1-2H3. The summed E-state index contributed by atoms with van der Waals surface area (Å²) < 4.78 is 0. The predicted molar refractivity (Wildman–Crippen MR) is 134 cm³/mol. The van der Waals surface area contributed by atoms with Gasteiger partial charge in [-0.1, -0.05) is 103 Å². The summed E-state index contributed by atoms with van der Waals surface area (Å²) in [5.74, 6) is 2.14. The Labute approximate surface area is 190 Å². The summed E-state index contributed by atoms with van der Waals surface area (Å²) in [5, 5.41) is 0. The Morgan fingerprint density at radius 3 is 2.38 bits per heavy atom. The number of hydrogen-bond acceptors (Lipinski definition) is 3. The lowest BCUT2D eigenvalue weighted by molar-refractivity contribution is 0.517. The lowest BCUT2D eigenvalue weighted by atomic mass is 9.88. The minimum absolute atomic E-state index is 0.362. The van der Waals surface area contributed by atoms with Gasteiger partial charge in [0.2, 0.25) is 0 Å². The molecule has 0 aromatic heterocycles. The molecule has 0 bridgehead atoms. The predicted octanol–water partition coefficient (Wildman–Crippen LogP) is 6.38. The first-order chi connectivity index (χ1) is 15.7. The summed E-state index contributed by atoms with van der Waals surface area (Å²) in [6.07, 6.45) is 7.74. The molecule has 0 N–H and O–H groups in total. The van der Waals surface area contributed by atoms with Crippen LogP contribution < -0.4 is 0 Å². The largest absolute Gasteiger partial charge is 0.340 e. The summed E-state index contributed by atoms with van der Waals surface area (Å²) in [6.45, 7) is 2.75. The van der Waals surface area contributed by atoms with Gasteiger partial charge in [0.25, 0.3) is 0 Å². The Bertz CT molecular complexity index is 1230. The molecule has 3 aromatic carbocycles. The molecule has 2 aliphatic rings. The second-order valence-corrected chi connectivity index (χ2v) is 8.48. The molecule has 0 fully saturated rings. The van der Waals surface area contributed by atoms with Crippen molar-refractivity contribution in [2.75, 3.05) is 13.7 Å². The maximum Gasteiger partial charge on any atom is 0.158 e. The highest BCUT2D eigenvalue weighted by Gasteiger charge is 2.20. The third-order valence-electron chi connectivity index (χ3n) is 6.05. The van der Waals surface area contributed by atoms with Crippen LogP contribution in [0.4, 0.5) is 0 Å². The fourth-order valence-corrected chi connectivity index (χ4v) is 4.31. The molecule has 1 atom stereocenters. The number of rotatable bonds is 4. The molecule has 3 heteroatoms. The van der Waals surface area contributed by atoms with Crippen molar-refractivity contribution in [2.24, 2.45) is 9.98 Å². The van der Waals surface area contributed by atoms with Gasteiger partial charge in [0.15, 0.2) is 5.84 Å². The minimum atomic E-state index is 0.362. The third kappa shape index (κ3) is 4.19. The third-order valence-corrected chi connectivity index (χ3v) is 6.05. The first kappa shape index (κ1) is 20.2. The Hall–Kier alpha value is -3.72. The second-order valence-electron chi connectivity index (χ2n) is 8.48. The molecule has 0 saturated heterocycles. The normalized spacial score (nSPS) is 18.1. The van der Waals surface area contributed by atoms with E-state index in [-0.39, 0.29) is 0 Å². The smallest absolute Gasteiger partial charge is 0.158 e. The van der Waals surface area contributed by atoms with Crippen LogP contribution in [-0.4, -0.2) is 30.3 Å². The molecule has 3 nitrogen and oxygen atoms in total. The number of aliphatic imine (C=N–C) groups is 2. The van der Waals surface area contributed by atoms with Crippen molar-refractivity contribution < 1.29 is 0 Å². The summed E-state index contributed by atoms with van der Waals surface area (Å²) in [5.41, 5.74) is 7.29. The number of nitrogens with zero attached hydrogens (tertiary/aromatic N) is 3. The van der Waals surface area contributed by atoms with Crippen LogP contribution in [0.1, 0.15) is 29.0 Å². The van der Waals surface area contributed by atoms with Gasteiger partial charge in [0, 0.05) is 24.1 Å². The number of hydrogen-bond donors (Lipinski definition) is 0. The average Bonchev–Trinajstić information content (AvgIpc) is 2.85. The molecule has 0 amide bonds. The van der Waals surface area contributed by atoms with Crippen LogP contribution in [0.5, 0.6) is 0 Å². The van der Waals surface area contributed by atoms with E-state index in [2.05, 4.69) is 103 Å². The van der Waals surface area contributed by atoms with E-state index < -0.39 is 0 Å². The van der Waals surface area contributed by atoms with Crippen molar-refractivity contribution in [3.63, 3.8) is 0 Å². The van der Waals surface area contributed by atoms with E-state index in [1.54, 1.807) is 0 Å². The fraction of sp³-hybridized carbons (Fsp3) is 0.172. The second kappa shape index (κ2) is 8.80. The number of aryl methyl sites for hydroxylation is 1. The molecule has 1 aliphatic heterocycles. The molecule has 32 heavy (non-hydrogen) atoms. The van der Waals surface area contributed by atoms with Crippen molar-refractivity contribution in [3.8, 4) is 11.1 Å². The molecular formula is C29H27N3. The SMILES string of the molecule is Cc1cccc(C2C=C(C3=NCN(C)C(c4ccc(-c5ccccc5)cc4)=N3)C=CC2)c1. The first-order valence-electron chi connectivity index (χ1n) is 11.1. The van der Waals surface area contributed by atoms with Gasteiger partial charge in [-0.3, -0.25) is 0 Å². The molecule has 0 saturated carbocycles. The van der Waals surface area contributed by atoms with E-state index in [4.69, 9.17) is 9.98 Å². The topological polar surface area (TPSA) is 28.0 Å². The van der Waals surface area contributed by atoms with Gasteiger partial charge in [-0.15, -0.1) is 0 Å². The highest BCUT2D eigenvalue weighted by atomic mass is 15.3. The van der Waals surface area contributed by atoms with Crippen molar-refractivity contribution in [2.45, 2.75) is 19.3 Å². The van der Waals surface area contributed by atoms with Crippen LogP contribution in [0.15, 0.2) is 113 Å². The van der Waals surface area contributed by atoms with Gasteiger partial charge in [-0.2, -0.15) is 0 Å². The molecule has 1 unspecified atom stereocenters. The zero-order chi connectivity index (χ0) is 21.9. The van der Waals surface area contributed by atoms with Crippen LogP contribution >= 0.6 is 0 Å². The van der Waals surface area contributed by atoms with Gasteiger partial charge in [0.05, 0.1) is 0 Å². The summed E-state index contributed by atoms with van der Waals surface area (Å²) in [7, 11) is 2.05. The van der Waals surface area contributed by atoms with Crippen LogP contribution in [-0.2, 0) is 0 Å². The van der Waals surface area contributed by atoms with Crippen molar-refractivity contribution in [1.29, 1.82) is 0 Å². The molecule has 1 aliphatic carbocycles. The quantitative estimate of drug-likeness (QED) is 0.484. The average molecular weight is 418 g/mol. The summed E-state index contributed by atoms with van der Waals surface area (Å²) >= 11 is 0. The Morgan fingerprint density at radius 2 is 1.59 bits per heavy atom.